The minimum Gasteiger partial charge on any atom is -0.349 e. The Hall–Kier alpha value is -2.34. The maximum absolute atomic E-state index is 12.6. The molecule has 2 bridgehead atoms. The zero-order valence-corrected chi connectivity index (χ0v) is 16.9. The summed E-state index contributed by atoms with van der Waals surface area (Å²) in [6.07, 6.45) is 6.05. The summed E-state index contributed by atoms with van der Waals surface area (Å²) in [4.78, 5) is 12.6. The van der Waals surface area contributed by atoms with Crippen LogP contribution in [0.3, 0.4) is 0 Å². The van der Waals surface area contributed by atoms with E-state index in [-0.39, 0.29) is 18.5 Å². The highest BCUT2D eigenvalue weighted by atomic mass is 32.2. The normalized spacial score (nSPS) is 23.5. The van der Waals surface area contributed by atoms with Crippen molar-refractivity contribution in [3.63, 3.8) is 0 Å². The molecular formula is C22H26N2O3S. The van der Waals surface area contributed by atoms with Crippen molar-refractivity contribution < 1.29 is 13.2 Å². The number of nitrogens with zero attached hydrogens (tertiary/aromatic N) is 1. The molecule has 2 aromatic rings. The van der Waals surface area contributed by atoms with Crippen LogP contribution in [0, 0.1) is 11.8 Å². The van der Waals surface area contributed by atoms with Crippen LogP contribution in [0.4, 0.5) is 5.69 Å². The number of rotatable bonds is 6. The average molecular weight is 399 g/mol. The van der Waals surface area contributed by atoms with Gasteiger partial charge in [0.25, 0.3) is 5.91 Å². The Morgan fingerprint density at radius 2 is 1.75 bits per heavy atom. The highest BCUT2D eigenvalue weighted by Gasteiger charge is 2.40. The lowest BCUT2D eigenvalue weighted by molar-refractivity contribution is 0.0923. The molecule has 0 spiro atoms. The van der Waals surface area contributed by atoms with Gasteiger partial charge in [0.15, 0.2) is 0 Å². The monoisotopic (exact) mass is 398 g/mol. The second kappa shape index (κ2) is 7.59. The number of amides is 1. The van der Waals surface area contributed by atoms with Gasteiger partial charge < -0.3 is 5.32 Å². The molecule has 3 atom stereocenters. The van der Waals surface area contributed by atoms with Gasteiger partial charge in [-0.15, -0.1) is 0 Å². The summed E-state index contributed by atoms with van der Waals surface area (Å²) in [5.41, 5.74) is 2.04. The third-order valence-corrected chi connectivity index (χ3v) is 7.18. The molecule has 2 aliphatic carbocycles. The smallest absolute Gasteiger partial charge is 0.251 e. The molecule has 148 valence electrons. The SMILES string of the molecule is CS(=O)(=O)N(Cc1ccccc1)c1ccc(C(=O)NC2CC3CCC2C3)cc1. The number of sulfonamides is 1. The van der Waals surface area contributed by atoms with Crippen molar-refractivity contribution in [2.24, 2.45) is 11.8 Å². The molecule has 2 fully saturated rings. The van der Waals surface area contributed by atoms with Crippen LogP contribution in [0.15, 0.2) is 54.6 Å². The molecule has 1 amide bonds. The van der Waals surface area contributed by atoms with Crippen LogP contribution in [-0.2, 0) is 16.6 Å². The lowest BCUT2D eigenvalue weighted by atomic mass is 9.95. The topological polar surface area (TPSA) is 66.5 Å². The molecule has 2 aliphatic rings. The van der Waals surface area contributed by atoms with Crippen molar-refractivity contribution in [2.45, 2.75) is 38.3 Å². The number of carbonyl (C=O) groups is 1. The molecule has 2 saturated carbocycles. The first-order chi connectivity index (χ1) is 13.4. The first-order valence-corrected chi connectivity index (χ1v) is 11.7. The molecule has 2 aromatic carbocycles. The number of benzene rings is 2. The zero-order chi connectivity index (χ0) is 19.7. The van der Waals surface area contributed by atoms with Crippen LogP contribution in [0.5, 0.6) is 0 Å². The fourth-order valence-electron chi connectivity index (χ4n) is 4.60. The van der Waals surface area contributed by atoms with Gasteiger partial charge in [0.1, 0.15) is 0 Å². The van der Waals surface area contributed by atoms with Crippen molar-refractivity contribution in [1.29, 1.82) is 0 Å². The first kappa shape index (κ1) is 19.0. The second-order valence-corrected chi connectivity index (χ2v) is 9.96. The summed E-state index contributed by atoms with van der Waals surface area (Å²) in [5, 5.41) is 3.17. The fourth-order valence-corrected chi connectivity index (χ4v) is 5.49. The Bertz CT molecular complexity index is 942. The van der Waals surface area contributed by atoms with Gasteiger partial charge in [-0.05, 0) is 60.9 Å². The summed E-state index contributed by atoms with van der Waals surface area (Å²) >= 11 is 0. The summed E-state index contributed by atoms with van der Waals surface area (Å²) in [5.74, 6) is 1.33. The van der Waals surface area contributed by atoms with Gasteiger partial charge in [0.2, 0.25) is 10.0 Å². The van der Waals surface area contributed by atoms with Crippen molar-refractivity contribution in [3.05, 3.63) is 65.7 Å². The van der Waals surface area contributed by atoms with Crippen LogP contribution in [-0.4, -0.2) is 26.6 Å². The van der Waals surface area contributed by atoms with Crippen LogP contribution >= 0.6 is 0 Å². The van der Waals surface area contributed by atoms with E-state index in [9.17, 15) is 13.2 Å². The largest absolute Gasteiger partial charge is 0.349 e. The van der Waals surface area contributed by atoms with E-state index in [1.165, 1.54) is 29.8 Å². The molecule has 6 heteroatoms. The lowest BCUT2D eigenvalue weighted by Gasteiger charge is -2.24. The van der Waals surface area contributed by atoms with Gasteiger partial charge in [0.05, 0.1) is 18.5 Å². The van der Waals surface area contributed by atoms with E-state index in [1.54, 1.807) is 24.3 Å². The van der Waals surface area contributed by atoms with Crippen LogP contribution in [0.2, 0.25) is 0 Å². The molecule has 0 aromatic heterocycles. The fraction of sp³-hybridized carbons (Fsp3) is 0.409. The van der Waals surface area contributed by atoms with Crippen LogP contribution < -0.4 is 9.62 Å². The van der Waals surface area contributed by atoms with E-state index in [2.05, 4.69) is 5.32 Å². The Balaban J connectivity index is 1.48. The van der Waals surface area contributed by atoms with Gasteiger partial charge in [0, 0.05) is 11.6 Å². The van der Waals surface area contributed by atoms with E-state index >= 15 is 0 Å². The van der Waals surface area contributed by atoms with Gasteiger partial charge in [-0.1, -0.05) is 36.8 Å². The minimum atomic E-state index is -3.44. The molecular weight excluding hydrogens is 372 g/mol. The van der Waals surface area contributed by atoms with E-state index in [0.717, 1.165) is 17.9 Å². The van der Waals surface area contributed by atoms with E-state index < -0.39 is 10.0 Å². The summed E-state index contributed by atoms with van der Waals surface area (Å²) in [6, 6.07) is 16.6. The van der Waals surface area contributed by atoms with E-state index in [4.69, 9.17) is 0 Å². The first-order valence-electron chi connectivity index (χ1n) is 9.83. The van der Waals surface area contributed by atoms with Gasteiger partial charge >= 0.3 is 0 Å². The predicted molar refractivity (Wildman–Crippen MR) is 111 cm³/mol. The van der Waals surface area contributed by atoms with E-state index in [1.807, 2.05) is 30.3 Å². The number of carbonyl (C=O) groups excluding carboxylic acids is 1. The minimum absolute atomic E-state index is 0.0712. The number of anilines is 1. The number of hydrogen-bond donors (Lipinski definition) is 1. The Labute approximate surface area is 166 Å². The van der Waals surface area contributed by atoms with Crippen LogP contribution in [0.25, 0.3) is 0 Å². The summed E-state index contributed by atoms with van der Waals surface area (Å²) in [7, 11) is -3.44. The molecule has 1 N–H and O–H groups in total. The Kier molecular flexibility index (Phi) is 5.15. The van der Waals surface area contributed by atoms with Crippen molar-refractivity contribution in [1.82, 2.24) is 5.32 Å². The molecule has 0 heterocycles. The van der Waals surface area contributed by atoms with Crippen molar-refractivity contribution in [2.75, 3.05) is 10.6 Å². The summed E-state index contributed by atoms with van der Waals surface area (Å²) < 4.78 is 26.0. The lowest BCUT2D eigenvalue weighted by Crippen LogP contribution is -2.38. The Morgan fingerprint density at radius 3 is 2.32 bits per heavy atom. The second-order valence-electron chi connectivity index (χ2n) is 8.06. The molecule has 4 rings (SSSR count). The molecule has 3 unspecified atom stereocenters. The number of hydrogen-bond acceptors (Lipinski definition) is 3. The zero-order valence-electron chi connectivity index (χ0n) is 16.0. The highest BCUT2D eigenvalue weighted by Crippen LogP contribution is 2.44. The molecule has 0 aliphatic heterocycles. The number of nitrogens with one attached hydrogen (secondary N) is 1. The van der Waals surface area contributed by atoms with E-state index in [0.29, 0.717) is 17.2 Å². The van der Waals surface area contributed by atoms with Gasteiger partial charge in [-0.25, -0.2) is 8.42 Å². The number of fused-ring (bicyclic) bond motifs is 2. The summed E-state index contributed by atoms with van der Waals surface area (Å²) in [6.45, 7) is 0.260. The Morgan fingerprint density at radius 1 is 1.04 bits per heavy atom. The van der Waals surface area contributed by atoms with Crippen molar-refractivity contribution >= 4 is 21.6 Å². The highest BCUT2D eigenvalue weighted by molar-refractivity contribution is 7.92. The average Bonchev–Trinajstić information content (AvgIpc) is 3.29. The van der Waals surface area contributed by atoms with Crippen LogP contribution in [0.1, 0.15) is 41.6 Å². The molecule has 5 nitrogen and oxygen atoms in total. The predicted octanol–water partition coefficient (Wildman–Crippen LogP) is 3.57. The third kappa shape index (κ3) is 4.07. The van der Waals surface area contributed by atoms with Gasteiger partial charge in [-0.2, -0.15) is 0 Å². The quantitative estimate of drug-likeness (QED) is 0.809. The molecule has 28 heavy (non-hydrogen) atoms. The van der Waals surface area contributed by atoms with Crippen molar-refractivity contribution in [3.8, 4) is 0 Å². The molecule has 0 saturated heterocycles. The standard InChI is InChI=1S/C22H26N2O3S/c1-28(26,27)24(15-16-5-3-2-4-6-16)20-11-9-18(10-12-20)22(25)23-21-14-17-7-8-19(21)13-17/h2-6,9-12,17,19,21H,7-8,13-15H2,1H3,(H,23,25). The maximum Gasteiger partial charge on any atom is 0.251 e. The molecule has 0 radical (unpaired) electrons. The maximum atomic E-state index is 12.6. The third-order valence-electron chi connectivity index (χ3n) is 6.04. The van der Waals surface area contributed by atoms with Gasteiger partial charge in [-0.3, -0.25) is 9.10 Å².